The number of nitrogens with one attached hydrogen (secondary N) is 1. The van der Waals surface area contributed by atoms with Gasteiger partial charge in [-0.05, 0) is 0 Å². The van der Waals surface area contributed by atoms with Gasteiger partial charge in [0.05, 0.1) is 6.61 Å². The molecule has 1 unspecified atom stereocenters. The van der Waals surface area contributed by atoms with Crippen LogP contribution in [0.4, 0.5) is 0 Å². The molecular weight excluding hydrogens is 262 g/mol. The summed E-state index contributed by atoms with van der Waals surface area (Å²) in [6.45, 7) is -0.322. The van der Waals surface area contributed by atoms with Crippen molar-refractivity contribution < 1.29 is 39.5 Å². The summed E-state index contributed by atoms with van der Waals surface area (Å²) >= 11 is 0. The Hall–Kier alpha value is -1.26. The van der Waals surface area contributed by atoms with Crippen molar-refractivity contribution in [2.75, 3.05) is 13.2 Å². The Balaban J connectivity index is 2.83. The van der Waals surface area contributed by atoms with Crippen molar-refractivity contribution in [3.8, 4) is 0 Å². The summed E-state index contributed by atoms with van der Waals surface area (Å²) in [5.74, 6) is -1.55. The van der Waals surface area contributed by atoms with Crippen LogP contribution >= 0.6 is 0 Å². The first-order chi connectivity index (χ1) is 8.90. The quantitative estimate of drug-likeness (QED) is 0.333. The fourth-order valence-electron chi connectivity index (χ4n) is 1.81. The van der Waals surface area contributed by atoms with E-state index in [9.17, 15) is 19.8 Å². The van der Waals surface area contributed by atoms with Crippen LogP contribution in [-0.2, 0) is 19.1 Å². The molecule has 0 aromatic rings. The van der Waals surface area contributed by atoms with Gasteiger partial charge in [-0.25, -0.2) is 0 Å². The third-order valence-corrected chi connectivity index (χ3v) is 2.65. The third-order valence-electron chi connectivity index (χ3n) is 2.65. The average Bonchev–Trinajstić information content (AvgIpc) is 2.36. The molecule has 5 atom stereocenters. The van der Waals surface area contributed by atoms with E-state index in [1.807, 2.05) is 0 Å². The molecule has 0 saturated carbocycles. The summed E-state index contributed by atoms with van der Waals surface area (Å²) in [5.41, 5.74) is 0. The number of hydrogen-bond donors (Lipinski definition) is 5. The normalized spacial score (nSPS) is 34.7. The fraction of sp³-hybridized carbons (Fsp3) is 0.800. The molecule has 0 aromatic carbocycles. The lowest BCUT2D eigenvalue weighted by Crippen LogP contribution is -2.65. The van der Waals surface area contributed by atoms with Gasteiger partial charge in [0.25, 0.3) is 0 Å². The van der Waals surface area contributed by atoms with Crippen molar-refractivity contribution in [3.63, 3.8) is 0 Å². The largest absolute Gasteiger partial charge is 0.457 e. The van der Waals surface area contributed by atoms with E-state index < -0.39 is 55.7 Å². The molecule has 110 valence electrons. The molecule has 9 heteroatoms. The van der Waals surface area contributed by atoms with Crippen LogP contribution in [0, 0.1) is 0 Å². The predicted octanol–water partition coefficient (Wildman–Crippen LogP) is -3.53. The van der Waals surface area contributed by atoms with Crippen LogP contribution in [0.5, 0.6) is 0 Å². The number of aliphatic hydroxyl groups excluding tert-OH is 4. The van der Waals surface area contributed by atoms with E-state index in [1.54, 1.807) is 0 Å². The van der Waals surface area contributed by atoms with Crippen LogP contribution in [0.3, 0.4) is 0 Å². The number of amides is 1. The zero-order valence-corrected chi connectivity index (χ0v) is 10.2. The van der Waals surface area contributed by atoms with Crippen LogP contribution in [0.1, 0.15) is 6.92 Å². The Morgan fingerprint density at radius 1 is 1.32 bits per heavy atom. The first kappa shape index (κ1) is 15.8. The number of aliphatic hydroxyl groups is 4. The number of ether oxygens (including phenoxy) is 2. The highest BCUT2D eigenvalue weighted by Crippen LogP contribution is 2.22. The summed E-state index contributed by atoms with van der Waals surface area (Å²) < 4.78 is 9.75. The second-order valence-corrected chi connectivity index (χ2v) is 4.06. The Morgan fingerprint density at radius 2 is 1.95 bits per heavy atom. The van der Waals surface area contributed by atoms with Crippen molar-refractivity contribution >= 4 is 11.9 Å². The van der Waals surface area contributed by atoms with Crippen LogP contribution < -0.4 is 5.32 Å². The summed E-state index contributed by atoms with van der Waals surface area (Å²) in [6.07, 6.45) is -5.44. The first-order valence-corrected chi connectivity index (χ1v) is 5.60. The minimum Gasteiger partial charge on any atom is -0.457 e. The number of rotatable bonds is 4. The highest BCUT2D eigenvalue weighted by molar-refractivity contribution is 5.77. The van der Waals surface area contributed by atoms with E-state index in [2.05, 4.69) is 5.32 Å². The molecule has 0 aliphatic carbocycles. The predicted molar refractivity (Wildman–Crippen MR) is 58.5 cm³/mol. The molecular formula is C10H17NO8. The van der Waals surface area contributed by atoms with Gasteiger partial charge in [0, 0.05) is 6.92 Å². The third kappa shape index (κ3) is 3.85. The molecule has 1 heterocycles. The SMILES string of the molecule is CC(=O)O[C@H]1[C@H](O)[C@H](NC(=O)CO)C(O)O[C@@H]1CO. The zero-order chi connectivity index (χ0) is 14.6. The standard InChI is InChI=1S/C10H17NO8/c1-4(14)18-9-5(2-12)19-10(17)7(8(9)16)11-6(15)3-13/h5,7-10,12-13,16-17H,2-3H2,1H3,(H,11,15)/t5-,7+,8-,9-,10?/m1/s1. The lowest BCUT2D eigenvalue weighted by atomic mass is 9.96. The fourth-order valence-corrected chi connectivity index (χ4v) is 1.81. The Labute approximate surface area is 108 Å². The molecule has 1 saturated heterocycles. The molecule has 1 amide bonds. The van der Waals surface area contributed by atoms with Gasteiger partial charge < -0.3 is 35.2 Å². The van der Waals surface area contributed by atoms with Crippen LogP contribution in [0.15, 0.2) is 0 Å². The summed E-state index contributed by atoms with van der Waals surface area (Å²) in [6, 6.07) is -1.29. The van der Waals surface area contributed by atoms with E-state index in [1.165, 1.54) is 0 Å². The topological polar surface area (TPSA) is 146 Å². The number of carbonyl (C=O) groups is 2. The first-order valence-electron chi connectivity index (χ1n) is 5.60. The molecule has 5 N–H and O–H groups in total. The highest BCUT2D eigenvalue weighted by atomic mass is 16.6. The molecule has 0 aromatic heterocycles. The number of hydrogen-bond acceptors (Lipinski definition) is 8. The van der Waals surface area contributed by atoms with E-state index >= 15 is 0 Å². The Kier molecular flexibility index (Phi) is 5.63. The van der Waals surface area contributed by atoms with Crippen molar-refractivity contribution in [3.05, 3.63) is 0 Å². The molecule has 0 bridgehead atoms. The monoisotopic (exact) mass is 279 g/mol. The second kappa shape index (κ2) is 6.78. The molecule has 9 nitrogen and oxygen atoms in total. The van der Waals surface area contributed by atoms with Gasteiger partial charge in [0.2, 0.25) is 5.91 Å². The lowest BCUT2D eigenvalue weighted by molar-refractivity contribution is -0.259. The minimum absolute atomic E-state index is 0.591. The zero-order valence-electron chi connectivity index (χ0n) is 10.2. The van der Waals surface area contributed by atoms with Crippen molar-refractivity contribution in [2.24, 2.45) is 0 Å². The maximum Gasteiger partial charge on any atom is 0.303 e. The van der Waals surface area contributed by atoms with Crippen molar-refractivity contribution in [2.45, 2.75) is 37.6 Å². The van der Waals surface area contributed by atoms with E-state index in [4.69, 9.17) is 19.7 Å². The van der Waals surface area contributed by atoms with Crippen LogP contribution in [0.25, 0.3) is 0 Å². The molecule has 1 fully saturated rings. The van der Waals surface area contributed by atoms with Gasteiger partial charge in [-0.1, -0.05) is 0 Å². The van der Waals surface area contributed by atoms with Gasteiger partial charge in [0.1, 0.15) is 24.9 Å². The van der Waals surface area contributed by atoms with Crippen molar-refractivity contribution in [1.29, 1.82) is 0 Å². The molecule has 0 radical (unpaired) electrons. The summed E-state index contributed by atoms with van der Waals surface area (Å²) in [5, 5.41) is 39.4. The van der Waals surface area contributed by atoms with Gasteiger partial charge >= 0.3 is 5.97 Å². The molecule has 1 aliphatic rings. The summed E-state index contributed by atoms with van der Waals surface area (Å²) in [7, 11) is 0. The number of esters is 1. The second-order valence-electron chi connectivity index (χ2n) is 4.06. The maximum absolute atomic E-state index is 11.1. The molecule has 0 spiro atoms. The molecule has 1 aliphatic heterocycles. The van der Waals surface area contributed by atoms with Gasteiger partial charge in [-0.3, -0.25) is 9.59 Å². The van der Waals surface area contributed by atoms with Gasteiger partial charge in [-0.15, -0.1) is 0 Å². The molecule has 1 rings (SSSR count). The Morgan fingerprint density at radius 3 is 2.42 bits per heavy atom. The minimum atomic E-state index is -1.60. The van der Waals surface area contributed by atoms with Crippen LogP contribution in [0.2, 0.25) is 0 Å². The smallest absolute Gasteiger partial charge is 0.303 e. The van der Waals surface area contributed by atoms with Gasteiger partial charge in [0.15, 0.2) is 12.4 Å². The molecule has 19 heavy (non-hydrogen) atoms. The Bertz CT molecular complexity index is 335. The number of carbonyl (C=O) groups excluding carboxylic acids is 2. The van der Waals surface area contributed by atoms with E-state index in [0.717, 1.165) is 6.92 Å². The maximum atomic E-state index is 11.1. The summed E-state index contributed by atoms with van der Waals surface area (Å²) in [4.78, 5) is 22.0. The van der Waals surface area contributed by atoms with E-state index in [0.29, 0.717) is 0 Å². The van der Waals surface area contributed by atoms with Gasteiger partial charge in [-0.2, -0.15) is 0 Å². The van der Waals surface area contributed by atoms with E-state index in [-0.39, 0.29) is 0 Å². The highest BCUT2D eigenvalue weighted by Gasteiger charge is 2.46. The van der Waals surface area contributed by atoms with Crippen LogP contribution in [-0.4, -0.2) is 76.2 Å². The lowest BCUT2D eigenvalue weighted by Gasteiger charge is -2.41. The van der Waals surface area contributed by atoms with Crippen molar-refractivity contribution in [1.82, 2.24) is 5.32 Å². The average molecular weight is 279 g/mol.